The number of rotatable bonds is 2. The lowest BCUT2D eigenvalue weighted by atomic mass is 10.4. The van der Waals surface area contributed by atoms with E-state index in [-0.39, 0.29) is 5.69 Å². The van der Waals surface area contributed by atoms with Crippen molar-refractivity contribution in [2.75, 3.05) is 7.11 Å². The largest absolute Gasteiger partial charge is 0.464 e. The molecule has 4 heteroatoms. The van der Waals surface area contributed by atoms with E-state index in [0.29, 0.717) is 6.41 Å². The predicted octanol–water partition coefficient (Wildman–Crippen LogP) is 0.313. The monoisotopic (exact) mass is 153 g/mol. The van der Waals surface area contributed by atoms with Gasteiger partial charge < -0.3 is 4.74 Å². The number of esters is 1. The van der Waals surface area contributed by atoms with Crippen LogP contribution < -0.4 is 0 Å². The van der Waals surface area contributed by atoms with Gasteiger partial charge in [0.15, 0.2) is 0 Å². The number of ether oxygens (including phenoxy) is 1. The number of carbonyl (C=O) groups is 2. The Morgan fingerprint density at radius 3 is 3.00 bits per heavy atom. The van der Waals surface area contributed by atoms with Gasteiger partial charge in [0.1, 0.15) is 5.69 Å². The lowest BCUT2D eigenvalue weighted by Gasteiger charge is -1.97. The molecule has 0 amide bonds. The predicted molar refractivity (Wildman–Crippen MR) is 37.9 cm³/mol. The van der Waals surface area contributed by atoms with E-state index < -0.39 is 5.97 Å². The van der Waals surface area contributed by atoms with Crippen LogP contribution in [-0.2, 0) is 9.53 Å². The Kier molecular flexibility index (Phi) is 2.06. The summed E-state index contributed by atoms with van der Waals surface area (Å²) in [5, 5.41) is 0. The van der Waals surface area contributed by atoms with Gasteiger partial charge in [-0.1, -0.05) is 0 Å². The van der Waals surface area contributed by atoms with Gasteiger partial charge in [-0.15, -0.1) is 0 Å². The first-order valence-corrected chi connectivity index (χ1v) is 3.00. The third-order valence-electron chi connectivity index (χ3n) is 1.29. The molecule has 0 atom stereocenters. The Balaban J connectivity index is 3.01. The molecular formula is C7H7NO3. The third-order valence-corrected chi connectivity index (χ3v) is 1.29. The molecule has 58 valence electrons. The van der Waals surface area contributed by atoms with E-state index in [1.807, 2.05) is 0 Å². The molecule has 0 aromatic carbocycles. The van der Waals surface area contributed by atoms with Crippen LogP contribution in [0.3, 0.4) is 0 Å². The van der Waals surface area contributed by atoms with Gasteiger partial charge >= 0.3 is 5.97 Å². The maximum atomic E-state index is 10.9. The van der Waals surface area contributed by atoms with Crippen molar-refractivity contribution in [2.45, 2.75) is 0 Å². The minimum atomic E-state index is -0.512. The molecule has 0 spiro atoms. The second kappa shape index (κ2) is 3.01. The molecule has 0 unspecified atom stereocenters. The van der Waals surface area contributed by atoms with Crippen molar-refractivity contribution in [3.8, 4) is 0 Å². The molecule has 11 heavy (non-hydrogen) atoms. The molecular weight excluding hydrogens is 146 g/mol. The summed E-state index contributed by atoms with van der Waals surface area (Å²) in [6.07, 6.45) is 2.03. The summed E-state index contributed by atoms with van der Waals surface area (Å²) in [6.45, 7) is 0. The molecule has 0 aliphatic rings. The Labute approximate surface area is 63.4 Å². The fraction of sp³-hybridized carbons (Fsp3) is 0.143. The van der Waals surface area contributed by atoms with Crippen LogP contribution in [0, 0.1) is 0 Å². The summed E-state index contributed by atoms with van der Waals surface area (Å²) in [4.78, 5) is 21.1. The Hall–Kier alpha value is -1.58. The van der Waals surface area contributed by atoms with Crippen molar-refractivity contribution in [3.05, 3.63) is 24.0 Å². The molecule has 0 saturated carbocycles. The minimum Gasteiger partial charge on any atom is -0.464 e. The molecule has 1 aromatic rings. The summed E-state index contributed by atoms with van der Waals surface area (Å²) >= 11 is 0. The first-order valence-electron chi connectivity index (χ1n) is 3.00. The van der Waals surface area contributed by atoms with Gasteiger partial charge in [0.2, 0.25) is 6.41 Å². The zero-order chi connectivity index (χ0) is 8.27. The van der Waals surface area contributed by atoms with Gasteiger partial charge in [-0.2, -0.15) is 0 Å². The van der Waals surface area contributed by atoms with Gasteiger partial charge in [0.05, 0.1) is 7.11 Å². The SMILES string of the molecule is COC(=O)c1cccn1C=O. The van der Waals surface area contributed by atoms with Gasteiger partial charge in [0, 0.05) is 6.20 Å². The van der Waals surface area contributed by atoms with Crippen LogP contribution in [0.25, 0.3) is 0 Å². The second-order valence-electron chi connectivity index (χ2n) is 1.90. The Bertz CT molecular complexity index is 277. The number of nitrogens with zero attached hydrogens (tertiary/aromatic N) is 1. The van der Waals surface area contributed by atoms with Crippen molar-refractivity contribution in [2.24, 2.45) is 0 Å². The molecule has 0 aliphatic heterocycles. The maximum absolute atomic E-state index is 10.9. The Morgan fingerprint density at radius 1 is 1.73 bits per heavy atom. The molecule has 0 radical (unpaired) electrons. The average molecular weight is 153 g/mol. The lowest BCUT2D eigenvalue weighted by Crippen LogP contribution is -2.08. The van der Waals surface area contributed by atoms with E-state index in [2.05, 4.69) is 4.74 Å². The van der Waals surface area contributed by atoms with Crippen LogP contribution in [0.1, 0.15) is 10.5 Å². The van der Waals surface area contributed by atoms with Gasteiger partial charge in [-0.3, -0.25) is 9.36 Å². The highest BCUT2D eigenvalue weighted by Crippen LogP contribution is 2.00. The zero-order valence-corrected chi connectivity index (χ0v) is 5.98. The fourth-order valence-electron chi connectivity index (χ4n) is 0.763. The molecule has 1 heterocycles. The number of hydrogen-bond acceptors (Lipinski definition) is 3. The lowest BCUT2D eigenvalue weighted by molar-refractivity contribution is 0.0592. The first kappa shape index (κ1) is 7.53. The summed E-state index contributed by atoms with van der Waals surface area (Å²) < 4.78 is 5.58. The topological polar surface area (TPSA) is 48.3 Å². The molecule has 0 N–H and O–H groups in total. The molecule has 0 fully saturated rings. The number of methoxy groups -OCH3 is 1. The number of hydrogen-bond donors (Lipinski definition) is 0. The van der Waals surface area contributed by atoms with E-state index in [0.717, 1.165) is 4.57 Å². The van der Waals surface area contributed by atoms with Gasteiger partial charge in [0.25, 0.3) is 0 Å². The van der Waals surface area contributed by atoms with Gasteiger partial charge in [-0.25, -0.2) is 4.79 Å². The van der Waals surface area contributed by atoms with Crippen LogP contribution in [0.15, 0.2) is 18.3 Å². The number of carbonyl (C=O) groups excluding carboxylic acids is 2. The number of aromatic nitrogens is 1. The molecule has 0 bridgehead atoms. The zero-order valence-electron chi connectivity index (χ0n) is 5.98. The van der Waals surface area contributed by atoms with Crippen molar-refractivity contribution in [3.63, 3.8) is 0 Å². The normalized spacial score (nSPS) is 9.18. The summed E-state index contributed by atoms with van der Waals surface area (Å²) in [7, 11) is 1.27. The average Bonchev–Trinajstić information content (AvgIpc) is 2.50. The standard InChI is InChI=1S/C7H7NO3/c1-11-7(10)6-3-2-4-8(6)5-9/h2-5H,1H3. The second-order valence-corrected chi connectivity index (χ2v) is 1.90. The highest BCUT2D eigenvalue weighted by Gasteiger charge is 2.08. The molecule has 1 rings (SSSR count). The highest BCUT2D eigenvalue weighted by atomic mass is 16.5. The Morgan fingerprint density at radius 2 is 2.45 bits per heavy atom. The van der Waals surface area contributed by atoms with E-state index in [1.165, 1.54) is 19.4 Å². The van der Waals surface area contributed by atoms with Crippen molar-refractivity contribution in [1.29, 1.82) is 0 Å². The summed E-state index contributed by atoms with van der Waals surface area (Å²) in [5.74, 6) is -0.512. The minimum absolute atomic E-state index is 0.238. The first-order chi connectivity index (χ1) is 5.29. The van der Waals surface area contributed by atoms with Gasteiger partial charge in [-0.05, 0) is 12.1 Å². The quantitative estimate of drug-likeness (QED) is 0.454. The van der Waals surface area contributed by atoms with Crippen molar-refractivity contribution in [1.82, 2.24) is 4.57 Å². The van der Waals surface area contributed by atoms with E-state index in [1.54, 1.807) is 6.07 Å². The summed E-state index contributed by atoms with van der Waals surface area (Å²) in [5.41, 5.74) is 0.238. The summed E-state index contributed by atoms with van der Waals surface area (Å²) in [6, 6.07) is 3.11. The fourth-order valence-corrected chi connectivity index (χ4v) is 0.763. The van der Waals surface area contributed by atoms with Crippen LogP contribution in [0.2, 0.25) is 0 Å². The van der Waals surface area contributed by atoms with E-state index >= 15 is 0 Å². The molecule has 1 aromatic heterocycles. The molecule has 0 aliphatic carbocycles. The van der Waals surface area contributed by atoms with Crippen LogP contribution in [-0.4, -0.2) is 24.1 Å². The van der Waals surface area contributed by atoms with E-state index in [4.69, 9.17) is 0 Å². The van der Waals surface area contributed by atoms with Crippen LogP contribution in [0.4, 0.5) is 0 Å². The van der Waals surface area contributed by atoms with Crippen LogP contribution >= 0.6 is 0 Å². The smallest absolute Gasteiger partial charge is 0.355 e. The van der Waals surface area contributed by atoms with Crippen molar-refractivity contribution < 1.29 is 14.3 Å². The van der Waals surface area contributed by atoms with Crippen LogP contribution in [0.5, 0.6) is 0 Å². The molecule has 0 saturated heterocycles. The van der Waals surface area contributed by atoms with E-state index in [9.17, 15) is 9.59 Å². The maximum Gasteiger partial charge on any atom is 0.355 e. The highest BCUT2D eigenvalue weighted by molar-refractivity contribution is 5.89. The molecule has 4 nitrogen and oxygen atoms in total. The van der Waals surface area contributed by atoms with Crippen molar-refractivity contribution >= 4 is 12.4 Å². The third kappa shape index (κ3) is 1.29.